The van der Waals surface area contributed by atoms with Crippen LogP contribution in [-0.2, 0) is 6.42 Å². The van der Waals surface area contributed by atoms with Gasteiger partial charge in [-0.3, -0.25) is 4.98 Å². The van der Waals surface area contributed by atoms with Crippen LogP contribution in [0, 0.1) is 0 Å². The van der Waals surface area contributed by atoms with Gasteiger partial charge in [0.15, 0.2) is 5.84 Å². The highest BCUT2D eigenvalue weighted by Crippen LogP contribution is 2.23. The van der Waals surface area contributed by atoms with Gasteiger partial charge in [0.25, 0.3) is 0 Å². The summed E-state index contributed by atoms with van der Waals surface area (Å²) in [5.41, 5.74) is 7.27. The summed E-state index contributed by atoms with van der Waals surface area (Å²) in [6, 6.07) is 9.00. The Balaban J connectivity index is 2.05. The van der Waals surface area contributed by atoms with Gasteiger partial charge in [0, 0.05) is 30.4 Å². The van der Waals surface area contributed by atoms with Crippen molar-refractivity contribution >= 4 is 5.84 Å². The van der Waals surface area contributed by atoms with Crippen LogP contribution >= 0.6 is 0 Å². The second-order valence-electron chi connectivity index (χ2n) is 4.34. The summed E-state index contributed by atoms with van der Waals surface area (Å²) in [6.07, 6.45) is 4.26. The molecule has 0 aliphatic carbocycles. The number of ether oxygens (including phenoxy) is 2. The van der Waals surface area contributed by atoms with Crippen LogP contribution < -0.4 is 15.2 Å². The lowest BCUT2D eigenvalue weighted by Crippen LogP contribution is -2.13. The normalized spacial score (nSPS) is 11.2. The van der Waals surface area contributed by atoms with Gasteiger partial charge in [0.2, 0.25) is 0 Å². The molecule has 1 aromatic carbocycles. The maximum absolute atomic E-state index is 8.74. The highest BCUT2D eigenvalue weighted by molar-refractivity contribution is 5.97. The highest BCUT2D eigenvalue weighted by atomic mass is 16.5. The van der Waals surface area contributed by atoms with Gasteiger partial charge in [-0.25, -0.2) is 0 Å². The Labute approximate surface area is 122 Å². The molecule has 3 N–H and O–H groups in total. The molecule has 0 bridgehead atoms. The van der Waals surface area contributed by atoms with E-state index in [0.29, 0.717) is 23.7 Å². The minimum Gasteiger partial charge on any atom is -0.497 e. The SMILES string of the molecule is COc1cc(OCCc2ccncc2)cc(/C(N)=N/O)c1. The van der Waals surface area contributed by atoms with Crippen molar-refractivity contribution in [1.29, 1.82) is 0 Å². The van der Waals surface area contributed by atoms with E-state index in [1.165, 1.54) is 0 Å². The van der Waals surface area contributed by atoms with Crippen LogP contribution in [0.2, 0.25) is 0 Å². The predicted molar refractivity (Wildman–Crippen MR) is 78.9 cm³/mol. The lowest BCUT2D eigenvalue weighted by Gasteiger charge is -2.10. The minimum atomic E-state index is 0.00730. The van der Waals surface area contributed by atoms with Crippen LogP contribution in [0.25, 0.3) is 0 Å². The zero-order valence-electron chi connectivity index (χ0n) is 11.7. The van der Waals surface area contributed by atoms with E-state index in [2.05, 4.69) is 10.1 Å². The summed E-state index contributed by atoms with van der Waals surface area (Å²) in [4.78, 5) is 3.97. The van der Waals surface area contributed by atoms with Crippen molar-refractivity contribution in [3.05, 3.63) is 53.9 Å². The number of aromatic nitrogens is 1. The number of oxime groups is 1. The van der Waals surface area contributed by atoms with Gasteiger partial charge in [-0.05, 0) is 29.8 Å². The van der Waals surface area contributed by atoms with Crippen LogP contribution in [0.15, 0.2) is 47.9 Å². The molecule has 0 amide bonds. The number of nitrogens with zero attached hydrogens (tertiary/aromatic N) is 2. The third-order valence-electron chi connectivity index (χ3n) is 2.93. The van der Waals surface area contributed by atoms with Gasteiger partial charge in [-0.1, -0.05) is 5.16 Å². The van der Waals surface area contributed by atoms with E-state index in [1.54, 1.807) is 37.7 Å². The summed E-state index contributed by atoms with van der Waals surface area (Å²) >= 11 is 0. The number of benzene rings is 1. The first kappa shape index (κ1) is 14.6. The summed E-state index contributed by atoms with van der Waals surface area (Å²) < 4.78 is 10.9. The van der Waals surface area contributed by atoms with Crippen molar-refractivity contribution in [2.75, 3.05) is 13.7 Å². The van der Waals surface area contributed by atoms with E-state index < -0.39 is 0 Å². The monoisotopic (exact) mass is 287 g/mol. The number of amidine groups is 1. The molecule has 0 unspecified atom stereocenters. The van der Waals surface area contributed by atoms with Crippen LogP contribution in [0.1, 0.15) is 11.1 Å². The average molecular weight is 287 g/mol. The van der Waals surface area contributed by atoms with Crippen molar-refractivity contribution in [2.45, 2.75) is 6.42 Å². The van der Waals surface area contributed by atoms with Crippen LogP contribution in [0.5, 0.6) is 11.5 Å². The van der Waals surface area contributed by atoms with Gasteiger partial charge in [-0.2, -0.15) is 0 Å². The Bertz CT molecular complexity index is 615. The molecule has 2 aromatic rings. The average Bonchev–Trinajstić information content (AvgIpc) is 2.54. The van der Waals surface area contributed by atoms with Gasteiger partial charge < -0.3 is 20.4 Å². The Morgan fingerprint density at radius 1 is 1.24 bits per heavy atom. The van der Waals surface area contributed by atoms with Crippen LogP contribution in [0.3, 0.4) is 0 Å². The van der Waals surface area contributed by atoms with E-state index in [4.69, 9.17) is 20.4 Å². The third kappa shape index (κ3) is 4.10. The minimum absolute atomic E-state index is 0.00730. The van der Waals surface area contributed by atoms with Crippen LogP contribution in [0.4, 0.5) is 0 Å². The van der Waals surface area contributed by atoms with Crippen molar-refractivity contribution in [1.82, 2.24) is 4.98 Å². The maximum atomic E-state index is 8.74. The quantitative estimate of drug-likeness (QED) is 0.366. The molecule has 0 saturated carbocycles. The molecule has 0 spiro atoms. The predicted octanol–water partition coefficient (Wildman–Crippen LogP) is 1.81. The first-order valence-electron chi connectivity index (χ1n) is 6.41. The van der Waals surface area contributed by atoms with Gasteiger partial charge in [0.1, 0.15) is 11.5 Å². The largest absolute Gasteiger partial charge is 0.497 e. The van der Waals surface area contributed by atoms with E-state index >= 15 is 0 Å². The van der Waals surface area contributed by atoms with E-state index in [-0.39, 0.29) is 5.84 Å². The molecule has 2 rings (SSSR count). The summed E-state index contributed by atoms with van der Waals surface area (Å²) in [5, 5.41) is 11.7. The number of nitrogens with two attached hydrogens (primary N) is 1. The topological polar surface area (TPSA) is 90.0 Å². The summed E-state index contributed by atoms with van der Waals surface area (Å²) in [6.45, 7) is 0.507. The Hall–Kier alpha value is -2.76. The molecule has 1 aromatic heterocycles. The van der Waals surface area contributed by atoms with E-state index in [9.17, 15) is 0 Å². The molecule has 6 nitrogen and oxygen atoms in total. The van der Waals surface area contributed by atoms with Gasteiger partial charge in [0.05, 0.1) is 13.7 Å². The fourth-order valence-electron chi connectivity index (χ4n) is 1.81. The fourth-order valence-corrected chi connectivity index (χ4v) is 1.81. The molecular formula is C15H17N3O3. The molecule has 1 heterocycles. The molecule has 0 aliphatic rings. The van der Waals surface area contributed by atoms with E-state index in [0.717, 1.165) is 12.0 Å². The number of methoxy groups -OCH3 is 1. The molecular weight excluding hydrogens is 270 g/mol. The number of hydrogen-bond acceptors (Lipinski definition) is 5. The zero-order chi connectivity index (χ0) is 15.1. The lowest BCUT2D eigenvalue weighted by atomic mass is 10.2. The Morgan fingerprint density at radius 2 is 1.95 bits per heavy atom. The fraction of sp³-hybridized carbons (Fsp3) is 0.200. The second-order valence-corrected chi connectivity index (χ2v) is 4.34. The van der Waals surface area contributed by atoms with Crippen molar-refractivity contribution in [2.24, 2.45) is 10.9 Å². The van der Waals surface area contributed by atoms with Crippen molar-refractivity contribution in [3.63, 3.8) is 0 Å². The van der Waals surface area contributed by atoms with Crippen LogP contribution in [-0.4, -0.2) is 29.7 Å². The van der Waals surface area contributed by atoms with Gasteiger partial charge >= 0.3 is 0 Å². The number of pyridine rings is 1. The molecule has 110 valence electrons. The first-order chi connectivity index (χ1) is 10.2. The molecule has 6 heteroatoms. The lowest BCUT2D eigenvalue weighted by molar-refractivity contribution is 0.316. The zero-order valence-corrected chi connectivity index (χ0v) is 11.7. The molecule has 21 heavy (non-hydrogen) atoms. The van der Waals surface area contributed by atoms with E-state index in [1.807, 2.05) is 12.1 Å². The molecule has 0 aliphatic heterocycles. The van der Waals surface area contributed by atoms with Crippen molar-refractivity contribution in [3.8, 4) is 11.5 Å². The maximum Gasteiger partial charge on any atom is 0.170 e. The second kappa shape index (κ2) is 7.14. The molecule has 0 radical (unpaired) electrons. The molecule has 0 saturated heterocycles. The number of rotatable bonds is 6. The Kier molecular flexibility index (Phi) is 4.98. The molecule has 0 atom stereocenters. The number of hydrogen-bond donors (Lipinski definition) is 2. The highest BCUT2D eigenvalue weighted by Gasteiger charge is 2.06. The standard InChI is InChI=1S/C15H17N3O3/c1-20-13-8-12(15(16)18-19)9-14(10-13)21-7-4-11-2-5-17-6-3-11/h2-3,5-6,8-10,19H,4,7H2,1H3,(H2,16,18). The third-order valence-corrected chi connectivity index (χ3v) is 2.93. The molecule has 0 fully saturated rings. The van der Waals surface area contributed by atoms with Gasteiger partial charge in [-0.15, -0.1) is 0 Å². The smallest absolute Gasteiger partial charge is 0.170 e. The Morgan fingerprint density at radius 3 is 2.62 bits per heavy atom. The summed E-state index contributed by atoms with van der Waals surface area (Å²) in [5.74, 6) is 1.19. The van der Waals surface area contributed by atoms with Crippen molar-refractivity contribution < 1.29 is 14.7 Å². The first-order valence-corrected chi connectivity index (χ1v) is 6.41. The summed E-state index contributed by atoms with van der Waals surface area (Å²) in [7, 11) is 1.55.